The number of aliphatic hydroxyl groups is 1. The van der Waals surface area contributed by atoms with Gasteiger partial charge in [-0.25, -0.2) is 0 Å². The van der Waals surface area contributed by atoms with Crippen molar-refractivity contribution in [1.82, 2.24) is 4.90 Å². The first kappa shape index (κ1) is 12.3. The molecule has 1 aliphatic rings. The zero-order valence-corrected chi connectivity index (χ0v) is 10.5. The molecule has 1 saturated heterocycles. The molecule has 1 atom stereocenters. The topological polar surface area (TPSA) is 75.8 Å². The lowest BCUT2D eigenvalue weighted by molar-refractivity contribution is -0.0446. The van der Waals surface area contributed by atoms with Crippen molar-refractivity contribution in [3.8, 4) is 0 Å². The molecule has 0 radical (unpaired) electrons. The minimum absolute atomic E-state index is 0.0310. The first-order valence-corrected chi connectivity index (χ1v) is 6.31. The van der Waals surface area contributed by atoms with Gasteiger partial charge in [0.1, 0.15) is 0 Å². The summed E-state index contributed by atoms with van der Waals surface area (Å²) in [6.45, 7) is 3.30. The highest BCUT2D eigenvalue weighted by molar-refractivity contribution is 7.14. The number of aryl methyl sites for hydroxylation is 1. The summed E-state index contributed by atoms with van der Waals surface area (Å²) in [4.78, 5) is 15.5. The Morgan fingerprint density at radius 2 is 2.53 bits per heavy atom. The number of nitrogens with two attached hydrogens (primary N) is 1. The van der Waals surface area contributed by atoms with E-state index in [4.69, 9.17) is 15.6 Å². The van der Waals surface area contributed by atoms with E-state index in [9.17, 15) is 4.79 Å². The van der Waals surface area contributed by atoms with Crippen LogP contribution in [-0.2, 0) is 4.74 Å². The van der Waals surface area contributed by atoms with Crippen LogP contribution in [0, 0.1) is 6.92 Å². The third-order valence-corrected chi connectivity index (χ3v) is 3.85. The number of hydrogen-bond donors (Lipinski definition) is 2. The molecule has 0 aliphatic carbocycles. The van der Waals surface area contributed by atoms with Crippen LogP contribution in [0.2, 0.25) is 0 Å². The van der Waals surface area contributed by atoms with Gasteiger partial charge in [-0.05, 0) is 13.0 Å². The van der Waals surface area contributed by atoms with Crippen molar-refractivity contribution in [2.45, 2.75) is 13.0 Å². The van der Waals surface area contributed by atoms with E-state index in [0.29, 0.717) is 30.3 Å². The third kappa shape index (κ3) is 2.59. The Morgan fingerprint density at radius 1 is 1.76 bits per heavy atom. The fourth-order valence-corrected chi connectivity index (χ4v) is 2.68. The Balaban J connectivity index is 2.09. The molecule has 1 unspecified atom stereocenters. The van der Waals surface area contributed by atoms with Crippen molar-refractivity contribution >= 4 is 22.9 Å². The number of nitrogen functional groups attached to an aromatic ring is 1. The predicted octanol–water partition coefficient (Wildman–Crippen LogP) is 0.472. The van der Waals surface area contributed by atoms with Crippen molar-refractivity contribution in [3.63, 3.8) is 0 Å². The monoisotopic (exact) mass is 256 g/mol. The Labute approximate surface area is 104 Å². The van der Waals surface area contributed by atoms with E-state index in [2.05, 4.69) is 0 Å². The smallest absolute Gasteiger partial charge is 0.264 e. The Morgan fingerprint density at radius 3 is 3.12 bits per heavy atom. The van der Waals surface area contributed by atoms with Crippen LogP contribution in [0.4, 0.5) is 5.69 Å². The van der Waals surface area contributed by atoms with E-state index in [1.807, 2.05) is 6.92 Å². The summed E-state index contributed by atoms with van der Waals surface area (Å²) in [6.07, 6.45) is -0.272. The summed E-state index contributed by atoms with van der Waals surface area (Å²) in [7, 11) is 0. The third-order valence-electron chi connectivity index (χ3n) is 2.80. The first-order valence-electron chi connectivity index (χ1n) is 5.49. The quantitative estimate of drug-likeness (QED) is 0.806. The van der Waals surface area contributed by atoms with Gasteiger partial charge in [-0.1, -0.05) is 0 Å². The maximum Gasteiger partial charge on any atom is 0.264 e. The van der Waals surface area contributed by atoms with E-state index in [1.54, 1.807) is 11.0 Å². The summed E-state index contributed by atoms with van der Waals surface area (Å²) >= 11 is 1.41. The van der Waals surface area contributed by atoms with Gasteiger partial charge in [0.05, 0.1) is 24.2 Å². The van der Waals surface area contributed by atoms with Crippen LogP contribution in [0.3, 0.4) is 0 Å². The van der Waals surface area contributed by atoms with Crippen molar-refractivity contribution in [3.05, 3.63) is 15.8 Å². The van der Waals surface area contributed by atoms with Crippen LogP contribution in [0.25, 0.3) is 0 Å². The molecule has 1 aliphatic heterocycles. The van der Waals surface area contributed by atoms with Gasteiger partial charge in [-0.2, -0.15) is 0 Å². The molecule has 3 N–H and O–H groups in total. The molecule has 0 bridgehead atoms. The van der Waals surface area contributed by atoms with Gasteiger partial charge < -0.3 is 20.5 Å². The van der Waals surface area contributed by atoms with Crippen LogP contribution in [-0.4, -0.2) is 48.3 Å². The number of amides is 1. The average molecular weight is 256 g/mol. The fraction of sp³-hybridized carbons (Fsp3) is 0.545. The van der Waals surface area contributed by atoms with E-state index in [-0.39, 0.29) is 18.6 Å². The zero-order valence-electron chi connectivity index (χ0n) is 9.68. The standard InChI is InChI=1S/C11H16N2O3S/c1-7-9(12)4-10(17-7)11(15)13-2-3-16-8(5-13)6-14/h4,8,14H,2-3,5-6,12H2,1H3. The van der Waals surface area contributed by atoms with E-state index < -0.39 is 0 Å². The van der Waals surface area contributed by atoms with Crippen LogP contribution in [0.1, 0.15) is 14.5 Å². The summed E-state index contributed by atoms with van der Waals surface area (Å²) in [5.41, 5.74) is 6.39. The average Bonchev–Trinajstić information content (AvgIpc) is 2.69. The minimum atomic E-state index is -0.272. The molecular weight excluding hydrogens is 240 g/mol. The summed E-state index contributed by atoms with van der Waals surface area (Å²) in [5, 5.41) is 9.03. The van der Waals surface area contributed by atoms with Crippen molar-refractivity contribution in [2.24, 2.45) is 0 Å². The fourth-order valence-electron chi connectivity index (χ4n) is 1.77. The molecular formula is C11H16N2O3S. The highest BCUT2D eigenvalue weighted by Gasteiger charge is 2.25. The molecule has 5 nitrogen and oxygen atoms in total. The number of carbonyl (C=O) groups is 1. The van der Waals surface area contributed by atoms with Crippen molar-refractivity contribution in [1.29, 1.82) is 0 Å². The summed E-state index contributed by atoms with van der Waals surface area (Å²) < 4.78 is 5.31. The summed E-state index contributed by atoms with van der Waals surface area (Å²) in [6, 6.07) is 1.71. The Hall–Kier alpha value is -1.11. The summed E-state index contributed by atoms with van der Waals surface area (Å²) in [5.74, 6) is -0.0310. The minimum Gasteiger partial charge on any atom is -0.398 e. The molecule has 1 amide bonds. The molecule has 1 aromatic heterocycles. The van der Waals surface area contributed by atoms with Crippen molar-refractivity contribution < 1.29 is 14.6 Å². The molecule has 17 heavy (non-hydrogen) atoms. The van der Waals surface area contributed by atoms with Crippen LogP contribution in [0.15, 0.2) is 6.07 Å². The number of ether oxygens (including phenoxy) is 1. The molecule has 0 spiro atoms. The van der Waals surface area contributed by atoms with Gasteiger partial charge in [0.15, 0.2) is 0 Å². The lowest BCUT2D eigenvalue weighted by atomic mass is 10.2. The number of thiophene rings is 1. The normalized spacial score (nSPS) is 20.6. The number of hydrogen-bond acceptors (Lipinski definition) is 5. The molecule has 0 aromatic carbocycles. The lowest BCUT2D eigenvalue weighted by Crippen LogP contribution is -2.46. The molecule has 2 rings (SSSR count). The van der Waals surface area contributed by atoms with Gasteiger partial charge in [0.25, 0.3) is 5.91 Å². The van der Waals surface area contributed by atoms with E-state index in [1.165, 1.54) is 11.3 Å². The number of anilines is 1. The number of aliphatic hydroxyl groups excluding tert-OH is 1. The molecule has 2 heterocycles. The molecule has 94 valence electrons. The number of carbonyl (C=O) groups excluding carboxylic acids is 1. The van der Waals surface area contributed by atoms with Crippen LogP contribution < -0.4 is 5.73 Å². The second-order valence-electron chi connectivity index (χ2n) is 4.05. The van der Waals surface area contributed by atoms with Crippen LogP contribution in [0.5, 0.6) is 0 Å². The number of morpholine rings is 1. The highest BCUT2D eigenvalue weighted by atomic mass is 32.1. The highest BCUT2D eigenvalue weighted by Crippen LogP contribution is 2.25. The SMILES string of the molecule is Cc1sc(C(=O)N2CCOC(CO)C2)cc1N. The molecule has 6 heteroatoms. The molecule has 0 saturated carbocycles. The number of rotatable bonds is 2. The van der Waals surface area contributed by atoms with E-state index in [0.717, 1.165) is 4.88 Å². The predicted molar refractivity (Wildman–Crippen MR) is 66.2 cm³/mol. The second kappa shape index (κ2) is 5.03. The van der Waals surface area contributed by atoms with Crippen molar-refractivity contribution in [2.75, 3.05) is 32.0 Å². The lowest BCUT2D eigenvalue weighted by Gasteiger charge is -2.31. The van der Waals surface area contributed by atoms with Gasteiger partial charge in [-0.3, -0.25) is 4.79 Å². The Bertz CT molecular complexity index is 399. The first-order chi connectivity index (χ1) is 8.11. The van der Waals surface area contributed by atoms with Crippen LogP contribution >= 0.6 is 11.3 Å². The van der Waals surface area contributed by atoms with Gasteiger partial charge in [-0.15, -0.1) is 11.3 Å². The zero-order chi connectivity index (χ0) is 12.4. The Kier molecular flexibility index (Phi) is 3.66. The second-order valence-corrected chi connectivity index (χ2v) is 5.31. The van der Waals surface area contributed by atoms with Gasteiger partial charge >= 0.3 is 0 Å². The maximum atomic E-state index is 12.2. The number of nitrogens with zero attached hydrogens (tertiary/aromatic N) is 1. The molecule has 1 fully saturated rings. The van der Waals surface area contributed by atoms with E-state index >= 15 is 0 Å². The maximum absolute atomic E-state index is 12.2. The largest absolute Gasteiger partial charge is 0.398 e. The molecule has 1 aromatic rings. The van der Waals surface area contributed by atoms with Gasteiger partial charge in [0, 0.05) is 23.7 Å². The van der Waals surface area contributed by atoms with Gasteiger partial charge in [0.2, 0.25) is 0 Å².